The van der Waals surface area contributed by atoms with Crippen LogP contribution in [0.4, 0.5) is 0 Å². The molecule has 1 atom stereocenters. The highest BCUT2D eigenvalue weighted by atomic mass is 16.6. The second kappa shape index (κ2) is 56.0. The highest BCUT2D eigenvalue weighted by Crippen LogP contribution is 2.17. The van der Waals surface area contributed by atoms with Crippen LogP contribution in [0.5, 0.6) is 0 Å². The second-order valence-corrected chi connectivity index (χ2v) is 19.5. The molecule has 0 saturated heterocycles. The number of unbranched alkanes of at least 4 members (excludes halogenated alkanes) is 34. The molecule has 67 heavy (non-hydrogen) atoms. The number of esters is 3. The van der Waals surface area contributed by atoms with E-state index in [0.717, 1.165) is 96.3 Å². The molecule has 0 amide bonds. The summed E-state index contributed by atoms with van der Waals surface area (Å²) in [5.74, 6) is -0.885. The van der Waals surface area contributed by atoms with Gasteiger partial charge in [-0.3, -0.25) is 14.4 Å². The van der Waals surface area contributed by atoms with E-state index in [4.69, 9.17) is 14.2 Å². The molecular weight excluding hydrogens is 829 g/mol. The van der Waals surface area contributed by atoms with Crippen molar-refractivity contribution in [2.75, 3.05) is 13.2 Å². The van der Waals surface area contributed by atoms with Crippen molar-refractivity contribution >= 4 is 17.9 Å². The summed E-state index contributed by atoms with van der Waals surface area (Å²) in [5, 5.41) is 0. The van der Waals surface area contributed by atoms with Crippen molar-refractivity contribution in [2.45, 2.75) is 309 Å². The number of hydrogen-bond donors (Lipinski definition) is 0. The Bertz CT molecular complexity index is 1170. The molecule has 0 spiro atoms. The monoisotopic (exact) mass is 939 g/mol. The van der Waals surface area contributed by atoms with Gasteiger partial charge in [0.15, 0.2) is 6.10 Å². The van der Waals surface area contributed by atoms with E-state index in [-0.39, 0.29) is 31.1 Å². The molecule has 6 nitrogen and oxygen atoms in total. The Morgan fingerprint density at radius 3 is 0.910 bits per heavy atom. The van der Waals surface area contributed by atoms with Crippen LogP contribution in [0.3, 0.4) is 0 Å². The van der Waals surface area contributed by atoms with E-state index in [1.807, 2.05) is 0 Å². The molecule has 0 heterocycles. The van der Waals surface area contributed by atoms with Crippen LogP contribution in [0.15, 0.2) is 48.6 Å². The van der Waals surface area contributed by atoms with Gasteiger partial charge in [-0.05, 0) is 57.8 Å². The fourth-order valence-electron chi connectivity index (χ4n) is 8.49. The molecule has 0 aromatic heterocycles. The standard InChI is InChI=1S/C61H110O6/c1-4-7-10-13-16-19-22-25-27-29-30-32-33-36-39-42-45-48-51-54-60(63)66-57-58(56-65-59(62)53-50-47-44-41-38-35-24-21-18-15-12-9-6-3)67-61(64)55-52-49-46-43-40-37-34-31-28-26-23-20-17-14-11-8-5-2/h8,11,17,20,26,28,34,37,58H,4-7,9-10,12-16,18-19,21-25,27,29-33,35-36,38-57H2,1-3H3/b11-8-,20-17-,28-26-,37-34-. The minimum absolute atomic E-state index is 0.0788. The van der Waals surface area contributed by atoms with Gasteiger partial charge >= 0.3 is 17.9 Å². The molecule has 0 saturated carbocycles. The smallest absolute Gasteiger partial charge is 0.306 e. The van der Waals surface area contributed by atoms with Crippen molar-refractivity contribution in [2.24, 2.45) is 0 Å². The lowest BCUT2D eigenvalue weighted by Gasteiger charge is -2.18. The third kappa shape index (κ3) is 54.2. The van der Waals surface area contributed by atoms with Crippen molar-refractivity contribution in [3.63, 3.8) is 0 Å². The van der Waals surface area contributed by atoms with Gasteiger partial charge in [0.1, 0.15) is 13.2 Å². The van der Waals surface area contributed by atoms with Crippen LogP contribution in [-0.4, -0.2) is 37.2 Å². The van der Waals surface area contributed by atoms with Crippen molar-refractivity contribution in [1.29, 1.82) is 0 Å². The van der Waals surface area contributed by atoms with E-state index in [2.05, 4.69) is 69.4 Å². The van der Waals surface area contributed by atoms with Gasteiger partial charge in [0.25, 0.3) is 0 Å². The lowest BCUT2D eigenvalue weighted by atomic mass is 10.0. The fourth-order valence-corrected chi connectivity index (χ4v) is 8.49. The van der Waals surface area contributed by atoms with Gasteiger partial charge < -0.3 is 14.2 Å². The van der Waals surface area contributed by atoms with E-state index < -0.39 is 6.10 Å². The molecule has 0 aromatic rings. The van der Waals surface area contributed by atoms with Crippen LogP contribution >= 0.6 is 0 Å². The van der Waals surface area contributed by atoms with E-state index in [0.29, 0.717) is 19.3 Å². The van der Waals surface area contributed by atoms with Crippen LogP contribution in [0, 0.1) is 0 Å². The van der Waals surface area contributed by atoms with Crippen LogP contribution in [-0.2, 0) is 28.6 Å². The Hall–Kier alpha value is -2.63. The molecular formula is C61H110O6. The lowest BCUT2D eigenvalue weighted by molar-refractivity contribution is -0.167. The van der Waals surface area contributed by atoms with Gasteiger partial charge in [0, 0.05) is 19.3 Å². The summed E-state index contributed by atoms with van der Waals surface area (Å²) < 4.78 is 16.9. The largest absolute Gasteiger partial charge is 0.462 e. The summed E-state index contributed by atoms with van der Waals surface area (Å²) in [6.45, 7) is 6.55. The Labute approximate surface area is 416 Å². The van der Waals surface area contributed by atoms with E-state index in [9.17, 15) is 14.4 Å². The van der Waals surface area contributed by atoms with E-state index in [1.165, 1.54) is 167 Å². The van der Waals surface area contributed by atoms with Gasteiger partial charge in [-0.25, -0.2) is 0 Å². The zero-order valence-electron chi connectivity index (χ0n) is 44.7. The summed E-state index contributed by atoms with van der Waals surface area (Å²) >= 11 is 0. The molecule has 1 unspecified atom stereocenters. The number of carbonyl (C=O) groups is 3. The number of carbonyl (C=O) groups excluding carboxylic acids is 3. The first kappa shape index (κ1) is 64.4. The first-order chi connectivity index (χ1) is 33.0. The third-order valence-electron chi connectivity index (χ3n) is 12.8. The molecule has 0 radical (unpaired) electrons. The second-order valence-electron chi connectivity index (χ2n) is 19.5. The summed E-state index contributed by atoms with van der Waals surface area (Å²) in [5.41, 5.74) is 0. The molecule has 0 aliphatic carbocycles. The normalized spacial score (nSPS) is 12.3. The Balaban J connectivity index is 4.35. The Morgan fingerprint density at radius 1 is 0.313 bits per heavy atom. The molecule has 0 bridgehead atoms. The fraction of sp³-hybridized carbons (Fsp3) is 0.820. The molecule has 6 heteroatoms. The molecule has 390 valence electrons. The zero-order chi connectivity index (χ0) is 48.6. The van der Waals surface area contributed by atoms with Gasteiger partial charge in [-0.1, -0.05) is 275 Å². The van der Waals surface area contributed by atoms with Crippen molar-refractivity contribution in [3.8, 4) is 0 Å². The maximum atomic E-state index is 12.8. The summed E-state index contributed by atoms with van der Waals surface area (Å²) in [7, 11) is 0. The van der Waals surface area contributed by atoms with Crippen LogP contribution in [0.1, 0.15) is 303 Å². The predicted molar refractivity (Wildman–Crippen MR) is 289 cm³/mol. The maximum absolute atomic E-state index is 12.8. The highest BCUT2D eigenvalue weighted by molar-refractivity contribution is 5.71. The minimum atomic E-state index is -0.782. The maximum Gasteiger partial charge on any atom is 0.306 e. The average molecular weight is 940 g/mol. The SMILES string of the molecule is CC/C=C\C/C=C\C/C=C\C/C=C\CCCCCCC(=O)OC(COC(=O)CCCCCCCCCCCCCCC)COC(=O)CCCCCCCCCCCCCCCCCCCCC. The van der Waals surface area contributed by atoms with Gasteiger partial charge in [-0.2, -0.15) is 0 Å². The van der Waals surface area contributed by atoms with Crippen LogP contribution in [0.25, 0.3) is 0 Å². The Kier molecular flexibility index (Phi) is 53.8. The number of hydrogen-bond acceptors (Lipinski definition) is 6. The molecule has 0 fully saturated rings. The number of rotatable bonds is 53. The highest BCUT2D eigenvalue weighted by Gasteiger charge is 2.19. The van der Waals surface area contributed by atoms with Gasteiger partial charge in [0.05, 0.1) is 0 Å². The number of allylic oxidation sites excluding steroid dienone is 8. The average Bonchev–Trinajstić information content (AvgIpc) is 3.33. The van der Waals surface area contributed by atoms with E-state index in [1.54, 1.807) is 0 Å². The summed E-state index contributed by atoms with van der Waals surface area (Å²) in [6, 6.07) is 0. The predicted octanol–water partition coefficient (Wildman–Crippen LogP) is 19.4. The summed E-state index contributed by atoms with van der Waals surface area (Å²) in [6.07, 6.45) is 68.2. The first-order valence-corrected chi connectivity index (χ1v) is 29.1. The molecule has 0 N–H and O–H groups in total. The van der Waals surface area contributed by atoms with Crippen molar-refractivity contribution in [1.82, 2.24) is 0 Å². The molecule has 0 aliphatic heterocycles. The Morgan fingerprint density at radius 2 is 0.582 bits per heavy atom. The lowest BCUT2D eigenvalue weighted by Crippen LogP contribution is -2.30. The molecule has 0 rings (SSSR count). The quantitative estimate of drug-likeness (QED) is 0.0262. The molecule has 0 aromatic carbocycles. The zero-order valence-corrected chi connectivity index (χ0v) is 44.7. The molecule has 0 aliphatic rings. The number of ether oxygens (including phenoxy) is 3. The van der Waals surface area contributed by atoms with E-state index >= 15 is 0 Å². The summed E-state index contributed by atoms with van der Waals surface area (Å²) in [4.78, 5) is 38.1. The minimum Gasteiger partial charge on any atom is -0.462 e. The first-order valence-electron chi connectivity index (χ1n) is 29.1. The van der Waals surface area contributed by atoms with Crippen molar-refractivity contribution < 1.29 is 28.6 Å². The van der Waals surface area contributed by atoms with Gasteiger partial charge in [-0.15, -0.1) is 0 Å². The van der Waals surface area contributed by atoms with Gasteiger partial charge in [0.2, 0.25) is 0 Å². The topological polar surface area (TPSA) is 78.9 Å². The van der Waals surface area contributed by atoms with Crippen LogP contribution in [0.2, 0.25) is 0 Å². The van der Waals surface area contributed by atoms with Crippen molar-refractivity contribution in [3.05, 3.63) is 48.6 Å². The van der Waals surface area contributed by atoms with Crippen LogP contribution < -0.4 is 0 Å². The third-order valence-corrected chi connectivity index (χ3v) is 12.8.